The first-order valence-electron chi connectivity index (χ1n) is 6.56. The third-order valence-corrected chi connectivity index (χ3v) is 4.41. The molecule has 0 spiro atoms. The molecule has 0 amide bonds. The molecule has 0 bridgehead atoms. The summed E-state index contributed by atoms with van der Waals surface area (Å²) in [5.41, 5.74) is 2.39. The molecule has 0 saturated carbocycles. The van der Waals surface area contributed by atoms with E-state index < -0.39 is 0 Å². The number of hydrogen-bond acceptors (Lipinski definition) is 4. The third-order valence-electron chi connectivity index (χ3n) is 3.43. The van der Waals surface area contributed by atoms with Crippen molar-refractivity contribution in [3.63, 3.8) is 0 Å². The molecular weight excluding hydrogens is 270 g/mol. The molecule has 2 rings (SSSR count). The molecule has 4 heteroatoms. The van der Waals surface area contributed by atoms with Crippen molar-refractivity contribution in [2.75, 3.05) is 21.3 Å². The van der Waals surface area contributed by atoms with E-state index in [1.54, 1.807) is 14.2 Å². The van der Waals surface area contributed by atoms with Crippen LogP contribution in [0, 0.1) is 13.8 Å². The Hall–Kier alpha value is -1.52. The van der Waals surface area contributed by atoms with Crippen LogP contribution in [0.2, 0.25) is 0 Å². The minimum absolute atomic E-state index is 0.102. The van der Waals surface area contributed by atoms with Gasteiger partial charge >= 0.3 is 0 Å². The van der Waals surface area contributed by atoms with Crippen molar-refractivity contribution in [3.8, 4) is 11.5 Å². The van der Waals surface area contributed by atoms with E-state index in [0.717, 1.165) is 17.1 Å². The molecular formula is C16H21NO2S. The van der Waals surface area contributed by atoms with Gasteiger partial charge in [-0.15, -0.1) is 11.3 Å². The third kappa shape index (κ3) is 2.81. The molecule has 3 nitrogen and oxygen atoms in total. The molecule has 0 saturated heterocycles. The summed E-state index contributed by atoms with van der Waals surface area (Å²) in [4.78, 5) is 2.64. The Labute approximate surface area is 124 Å². The van der Waals surface area contributed by atoms with Crippen LogP contribution in [0.3, 0.4) is 0 Å². The van der Waals surface area contributed by atoms with E-state index in [-0.39, 0.29) is 6.04 Å². The van der Waals surface area contributed by atoms with Gasteiger partial charge in [-0.25, -0.2) is 0 Å². The smallest absolute Gasteiger partial charge is 0.124 e. The van der Waals surface area contributed by atoms with Crippen LogP contribution in [0.4, 0.5) is 0 Å². The summed E-state index contributed by atoms with van der Waals surface area (Å²) in [5.74, 6) is 1.71. The van der Waals surface area contributed by atoms with Crippen molar-refractivity contribution in [3.05, 3.63) is 45.1 Å². The number of ether oxygens (including phenoxy) is 2. The summed E-state index contributed by atoms with van der Waals surface area (Å²) in [7, 11) is 5.35. The van der Waals surface area contributed by atoms with E-state index in [1.165, 1.54) is 15.3 Å². The summed E-state index contributed by atoms with van der Waals surface area (Å²) in [6.45, 7) is 4.29. The minimum atomic E-state index is 0.102. The fraction of sp³-hybridized carbons (Fsp3) is 0.375. The van der Waals surface area contributed by atoms with Gasteiger partial charge in [-0.1, -0.05) is 0 Å². The fourth-order valence-corrected chi connectivity index (χ4v) is 3.44. The van der Waals surface area contributed by atoms with Gasteiger partial charge in [0.05, 0.1) is 20.3 Å². The van der Waals surface area contributed by atoms with Crippen LogP contribution in [0.5, 0.6) is 11.5 Å². The number of hydrogen-bond donors (Lipinski definition) is 1. The van der Waals surface area contributed by atoms with E-state index in [0.29, 0.717) is 0 Å². The molecule has 0 aliphatic heterocycles. The molecule has 1 heterocycles. The Balaban J connectivity index is 2.53. The topological polar surface area (TPSA) is 30.5 Å². The molecule has 0 radical (unpaired) electrons. The predicted molar refractivity (Wildman–Crippen MR) is 84.2 cm³/mol. The largest absolute Gasteiger partial charge is 0.497 e. The number of methoxy groups -OCH3 is 2. The highest BCUT2D eigenvalue weighted by Gasteiger charge is 2.20. The quantitative estimate of drug-likeness (QED) is 0.911. The van der Waals surface area contributed by atoms with E-state index in [4.69, 9.17) is 9.47 Å². The maximum Gasteiger partial charge on any atom is 0.124 e. The van der Waals surface area contributed by atoms with Gasteiger partial charge in [-0.3, -0.25) is 0 Å². The van der Waals surface area contributed by atoms with Crippen LogP contribution < -0.4 is 14.8 Å². The van der Waals surface area contributed by atoms with Crippen LogP contribution in [-0.4, -0.2) is 21.3 Å². The van der Waals surface area contributed by atoms with Crippen LogP contribution in [0.15, 0.2) is 24.3 Å². The molecule has 1 aromatic heterocycles. The van der Waals surface area contributed by atoms with Gasteiger partial charge in [0.25, 0.3) is 0 Å². The summed E-state index contributed by atoms with van der Waals surface area (Å²) >= 11 is 1.82. The lowest BCUT2D eigenvalue weighted by molar-refractivity contribution is 0.395. The number of benzene rings is 1. The van der Waals surface area contributed by atoms with Crippen molar-refractivity contribution in [2.24, 2.45) is 0 Å². The maximum absolute atomic E-state index is 5.50. The second-order valence-electron chi connectivity index (χ2n) is 4.70. The zero-order chi connectivity index (χ0) is 14.7. The van der Waals surface area contributed by atoms with Gasteiger partial charge in [0.1, 0.15) is 11.5 Å². The molecule has 108 valence electrons. The summed E-state index contributed by atoms with van der Waals surface area (Å²) in [6, 6.07) is 8.24. The Morgan fingerprint density at radius 1 is 1.05 bits per heavy atom. The van der Waals surface area contributed by atoms with Crippen molar-refractivity contribution >= 4 is 11.3 Å². The summed E-state index contributed by atoms with van der Waals surface area (Å²) in [5, 5.41) is 3.39. The normalized spacial score (nSPS) is 12.2. The molecule has 20 heavy (non-hydrogen) atoms. The Bertz CT molecular complexity index is 592. The lowest BCUT2D eigenvalue weighted by Crippen LogP contribution is -2.18. The first-order chi connectivity index (χ1) is 9.60. The number of thiophene rings is 1. The molecule has 1 atom stereocenters. The first kappa shape index (κ1) is 14.9. The minimum Gasteiger partial charge on any atom is -0.497 e. The fourth-order valence-electron chi connectivity index (χ4n) is 2.48. The molecule has 1 N–H and O–H groups in total. The lowest BCUT2D eigenvalue weighted by atomic mass is 9.98. The monoisotopic (exact) mass is 291 g/mol. The second kappa shape index (κ2) is 6.29. The molecule has 1 aromatic carbocycles. The highest BCUT2D eigenvalue weighted by atomic mass is 32.1. The predicted octanol–water partition coefficient (Wildman–Crippen LogP) is 3.69. The van der Waals surface area contributed by atoms with E-state index >= 15 is 0 Å². The summed E-state index contributed by atoms with van der Waals surface area (Å²) < 4.78 is 10.8. The van der Waals surface area contributed by atoms with E-state index in [9.17, 15) is 0 Å². The van der Waals surface area contributed by atoms with Crippen molar-refractivity contribution in [1.82, 2.24) is 5.32 Å². The maximum atomic E-state index is 5.50. The molecule has 2 aromatic rings. The molecule has 0 aliphatic rings. The average molecular weight is 291 g/mol. The van der Waals surface area contributed by atoms with Crippen LogP contribution in [0.1, 0.15) is 26.9 Å². The molecule has 1 unspecified atom stereocenters. The molecule has 0 fully saturated rings. The van der Waals surface area contributed by atoms with Crippen molar-refractivity contribution in [2.45, 2.75) is 19.9 Å². The van der Waals surface area contributed by atoms with E-state index in [1.807, 2.05) is 36.6 Å². The van der Waals surface area contributed by atoms with Crippen molar-refractivity contribution in [1.29, 1.82) is 0 Å². The second-order valence-corrected chi connectivity index (χ2v) is 6.16. The van der Waals surface area contributed by atoms with Crippen LogP contribution in [0.25, 0.3) is 0 Å². The van der Waals surface area contributed by atoms with Gasteiger partial charge < -0.3 is 14.8 Å². The highest BCUT2D eigenvalue weighted by molar-refractivity contribution is 7.12. The SMILES string of the molecule is CNC(c1cc(OC)ccc1OC)c1cc(C)sc1C. The highest BCUT2D eigenvalue weighted by Crippen LogP contribution is 2.36. The van der Waals surface area contributed by atoms with Gasteiger partial charge in [-0.2, -0.15) is 0 Å². The average Bonchev–Trinajstić information content (AvgIpc) is 2.78. The Kier molecular flexibility index (Phi) is 4.68. The van der Waals surface area contributed by atoms with Crippen LogP contribution in [-0.2, 0) is 0 Å². The van der Waals surface area contributed by atoms with Gasteiger partial charge in [0.15, 0.2) is 0 Å². The number of rotatable bonds is 5. The Morgan fingerprint density at radius 2 is 1.80 bits per heavy atom. The lowest BCUT2D eigenvalue weighted by Gasteiger charge is -2.20. The van der Waals surface area contributed by atoms with Crippen molar-refractivity contribution < 1.29 is 9.47 Å². The van der Waals surface area contributed by atoms with Gasteiger partial charge in [-0.05, 0) is 50.7 Å². The number of nitrogens with one attached hydrogen (secondary N) is 1. The standard InChI is InChI=1S/C16H21NO2S/c1-10-8-13(11(2)20-10)16(17-3)14-9-12(18-4)6-7-15(14)19-5/h6-9,16-17H,1-5H3. The summed E-state index contributed by atoms with van der Waals surface area (Å²) in [6.07, 6.45) is 0. The molecule has 0 aliphatic carbocycles. The van der Waals surface area contributed by atoms with Gasteiger partial charge in [0.2, 0.25) is 0 Å². The number of aryl methyl sites for hydroxylation is 2. The zero-order valence-corrected chi connectivity index (χ0v) is 13.4. The Morgan fingerprint density at radius 3 is 2.30 bits per heavy atom. The van der Waals surface area contributed by atoms with Crippen LogP contribution >= 0.6 is 11.3 Å². The van der Waals surface area contributed by atoms with E-state index in [2.05, 4.69) is 25.2 Å². The van der Waals surface area contributed by atoms with Gasteiger partial charge in [0, 0.05) is 15.3 Å². The zero-order valence-electron chi connectivity index (χ0n) is 12.6. The first-order valence-corrected chi connectivity index (χ1v) is 7.38.